The summed E-state index contributed by atoms with van der Waals surface area (Å²) >= 11 is 0. The van der Waals surface area contributed by atoms with Crippen molar-refractivity contribution >= 4 is 5.91 Å². The third-order valence-electron chi connectivity index (χ3n) is 3.50. The number of benzene rings is 1. The maximum absolute atomic E-state index is 11.8. The molecule has 1 amide bonds. The van der Waals surface area contributed by atoms with E-state index in [-0.39, 0.29) is 11.8 Å². The molecule has 0 saturated carbocycles. The van der Waals surface area contributed by atoms with Crippen molar-refractivity contribution in [3.05, 3.63) is 23.8 Å². The third kappa shape index (κ3) is 4.15. The zero-order valence-electron chi connectivity index (χ0n) is 12.6. The Morgan fingerprint density at radius 1 is 1.20 bits per heavy atom. The lowest BCUT2D eigenvalue weighted by Gasteiger charge is -2.18. The summed E-state index contributed by atoms with van der Waals surface area (Å²) in [5.41, 5.74) is 6.38. The van der Waals surface area contributed by atoms with Crippen LogP contribution in [0.2, 0.25) is 0 Å². The molecule has 0 heterocycles. The molecule has 1 rings (SSSR count). The van der Waals surface area contributed by atoms with Crippen molar-refractivity contribution in [3.8, 4) is 11.5 Å². The number of ether oxygens (including phenoxy) is 2. The number of unbranched alkanes of at least 4 members (excludes halogenated alkanes) is 3. The summed E-state index contributed by atoms with van der Waals surface area (Å²) in [7, 11) is 3.17. The van der Waals surface area contributed by atoms with Gasteiger partial charge in [0.05, 0.1) is 20.1 Å². The summed E-state index contributed by atoms with van der Waals surface area (Å²) in [5, 5.41) is 0. The average molecular weight is 279 g/mol. The first-order valence-electron chi connectivity index (χ1n) is 7.15. The second kappa shape index (κ2) is 8.46. The van der Waals surface area contributed by atoms with Crippen LogP contribution in [0.4, 0.5) is 0 Å². The molecule has 112 valence electrons. The normalized spacial score (nSPS) is 11.9. The van der Waals surface area contributed by atoms with Crippen LogP contribution >= 0.6 is 0 Å². The highest BCUT2D eigenvalue weighted by atomic mass is 16.5. The molecule has 1 atom stereocenters. The number of carbonyl (C=O) groups excluding carboxylic acids is 1. The minimum absolute atomic E-state index is 0.312. The summed E-state index contributed by atoms with van der Waals surface area (Å²) in [6.07, 6.45) is 5.21. The number of para-hydroxylation sites is 1. The third-order valence-corrected chi connectivity index (χ3v) is 3.50. The molecule has 1 aromatic rings. The van der Waals surface area contributed by atoms with Crippen LogP contribution in [0.3, 0.4) is 0 Å². The van der Waals surface area contributed by atoms with Gasteiger partial charge >= 0.3 is 0 Å². The lowest BCUT2D eigenvalue weighted by molar-refractivity contribution is -0.119. The second-order valence-electron chi connectivity index (χ2n) is 4.89. The highest BCUT2D eigenvalue weighted by Gasteiger charge is 2.23. The van der Waals surface area contributed by atoms with Gasteiger partial charge in [0.15, 0.2) is 11.5 Å². The maximum Gasteiger partial charge on any atom is 0.225 e. The van der Waals surface area contributed by atoms with Gasteiger partial charge in [0.2, 0.25) is 5.91 Å². The first-order valence-corrected chi connectivity index (χ1v) is 7.15. The Morgan fingerprint density at radius 2 is 1.95 bits per heavy atom. The number of amides is 1. The molecule has 1 aromatic carbocycles. The van der Waals surface area contributed by atoms with Gasteiger partial charge in [-0.3, -0.25) is 4.79 Å². The second-order valence-corrected chi connectivity index (χ2v) is 4.89. The van der Waals surface area contributed by atoms with Crippen LogP contribution in [-0.2, 0) is 4.79 Å². The van der Waals surface area contributed by atoms with Crippen LogP contribution in [0.15, 0.2) is 18.2 Å². The predicted octanol–water partition coefficient (Wildman–Crippen LogP) is 3.24. The molecule has 0 radical (unpaired) electrons. The van der Waals surface area contributed by atoms with Crippen molar-refractivity contribution in [3.63, 3.8) is 0 Å². The Kier molecular flexibility index (Phi) is 6.91. The summed E-state index contributed by atoms with van der Waals surface area (Å²) in [6, 6.07) is 5.56. The number of hydrogen-bond donors (Lipinski definition) is 1. The van der Waals surface area contributed by atoms with Crippen LogP contribution in [-0.4, -0.2) is 20.1 Å². The number of methoxy groups -OCH3 is 2. The van der Waals surface area contributed by atoms with E-state index >= 15 is 0 Å². The molecule has 20 heavy (non-hydrogen) atoms. The van der Waals surface area contributed by atoms with Crippen LogP contribution in [0.25, 0.3) is 0 Å². The van der Waals surface area contributed by atoms with Gasteiger partial charge in [-0.1, -0.05) is 44.7 Å². The van der Waals surface area contributed by atoms with E-state index in [1.807, 2.05) is 18.2 Å². The van der Waals surface area contributed by atoms with E-state index < -0.39 is 0 Å². The number of rotatable bonds is 9. The van der Waals surface area contributed by atoms with Gasteiger partial charge in [-0.2, -0.15) is 0 Å². The van der Waals surface area contributed by atoms with E-state index in [9.17, 15) is 4.79 Å². The molecule has 4 heteroatoms. The van der Waals surface area contributed by atoms with Gasteiger partial charge in [0.25, 0.3) is 0 Å². The fourth-order valence-corrected chi connectivity index (χ4v) is 2.41. The molecule has 0 bridgehead atoms. The minimum atomic E-state index is -0.322. The minimum Gasteiger partial charge on any atom is -0.493 e. The lowest BCUT2D eigenvalue weighted by Crippen LogP contribution is -2.22. The van der Waals surface area contributed by atoms with E-state index in [0.29, 0.717) is 11.5 Å². The largest absolute Gasteiger partial charge is 0.493 e. The fraction of sp³-hybridized carbons (Fsp3) is 0.562. The van der Waals surface area contributed by atoms with Crippen molar-refractivity contribution in [1.82, 2.24) is 0 Å². The summed E-state index contributed by atoms with van der Waals surface area (Å²) in [4.78, 5) is 11.8. The Hall–Kier alpha value is -1.71. The first-order chi connectivity index (χ1) is 9.65. The molecule has 0 aliphatic heterocycles. The van der Waals surface area contributed by atoms with Crippen molar-refractivity contribution in [2.24, 2.45) is 5.73 Å². The highest BCUT2D eigenvalue weighted by molar-refractivity contribution is 5.83. The van der Waals surface area contributed by atoms with Crippen molar-refractivity contribution in [1.29, 1.82) is 0 Å². The zero-order chi connectivity index (χ0) is 15.0. The van der Waals surface area contributed by atoms with E-state index in [4.69, 9.17) is 15.2 Å². The molecular formula is C16H25NO3. The summed E-state index contributed by atoms with van der Waals surface area (Å²) in [5.74, 6) is 0.601. The van der Waals surface area contributed by atoms with E-state index in [1.165, 1.54) is 12.8 Å². The average Bonchev–Trinajstić information content (AvgIpc) is 2.46. The lowest BCUT2D eigenvalue weighted by atomic mass is 9.91. The van der Waals surface area contributed by atoms with E-state index in [2.05, 4.69) is 6.92 Å². The standard InChI is InChI=1S/C16H25NO3/c1-4-5-6-7-9-13(16(17)18)12-10-8-11-14(19-2)15(12)20-3/h8,10-11,13H,4-7,9H2,1-3H3,(H2,17,18). The van der Waals surface area contributed by atoms with Gasteiger partial charge in [-0.25, -0.2) is 0 Å². The zero-order valence-corrected chi connectivity index (χ0v) is 12.6. The predicted molar refractivity (Wildman–Crippen MR) is 80.2 cm³/mol. The molecular weight excluding hydrogens is 254 g/mol. The van der Waals surface area contributed by atoms with Crippen LogP contribution in [0.1, 0.15) is 50.5 Å². The van der Waals surface area contributed by atoms with Crippen LogP contribution in [0, 0.1) is 0 Å². The smallest absolute Gasteiger partial charge is 0.225 e. The Labute approximate surface area is 121 Å². The topological polar surface area (TPSA) is 61.6 Å². The van der Waals surface area contributed by atoms with Gasteiger partial charge in [-0.05, 0) is 12.5 Å². The molecule has 2 N–H and O–H groups in total. The fourth-order valence-electron chi connectivity index (χ4n) is 2.41. The van der Waals surface area contributed by atoms with Crippen molar-refractivity contribution < 1.29 is 14.3 Å². The Balaban J connectivity index is 2.94. The molecule has 4 nitrogen and oxygen atoms in total. The number of nitrogens with two attached hydrogens (primary N) is 1. The molecule has 0 spiro atoms. The quantitative estimate of drug-likeness (QED) is 0.706. The molecule has 0 aliphatic rings. The molecule has 1 unspecified atom stereocenters. The summed E-state index contributed by atoms with van der Waals surface area (Å²) < 4.78 is 10.7. The number of primary amides is 1. The van der Waals surface area contributed by atoms with Crippen LogP contribution in [0.5, 0.6) is 11.5 Å². The maximum atomic E-state index is 11.8. The van der Waals surface area contributed by atoms with E-state index in [0.717, 1.165) is 24.8 Å². The number of hydrogen-bond acceptors (Lipinski definition) is 3. The highest BCUT2D eigenvalue weighted by Crippen LogP contribution is 2.37. The summed E-state index contributed by atoms with van der Waals surface area (Å²) in [6.45, 7) is 2.16. The molecule has 0 saturated heterocycles. The van der Waals surface area contributed by atoms with Gasteiger partial charge < -0.3 is 15.2 Å². The molecule has 0 aliphatic carbocycles. The first kappa shape index (κ1) is 16.3. The Morgan fingerprint density at radius 3 is 2.50 bits per heavy atom. The van der Waals surface area contributed by atoms with Gasteiger partial charge in [0.1, 0.15) is 0 Å². The number of carbonyl (C=O) groups is 1. The molecule has 0 fully saturated rings. The SMILES string of the molecule is CCCCCCC(C(N)=O)c1cccc(OC)c1OC. The van der Waals surface area contributed by atoms with Crippen molar-refractivity contribution in [2.75, 3.05) is 14.2 Å². The van der Waals surface area contributed by atoms with Gasteiger partial charge in [-0.15, -0.1) is 0 Å². The monoisotopic (exact) mass is 279 g/mol. The van der Waals surface area contributed by atoms with Gasteiger partial charge in [0, 0.05) is 5.56 Å². The van der Waals surface area contributed by atoms with Crippen LogP contribution < -0.4 is 15.2 Å². The van der Waals surface area contributed by atoms with Crippen molar-refractivity contribution in [2.45, 2.75) is 44.9 Å². The van der Waals surface area contributed by atoms with E-state index in [1.54, 1.807) is 14.2 Å². The Bertz CT molecular complexity index is 432. The molecule has 0 aromatic heterocycles.